The number of nitrogens with two attached hydrogens (primary N) is 1. The van der Waals surface area contributed by atoms with Gasteiger partial charge in [0.25, 0.3) is 0 Å². The first kappa shape index (κ1) is 14.3. The van der Waals surface area contributed by atoms with Gasteiger partial charge in [0.05, 0.1) is 5.92 Å². The number of hydrogen-bond acceptors (Lipinski definition) is 2. The molecule has 2 atom stereocenters. The van der Waals surface area contributed by atoms with E-state index in [0.717, 1.165) is 16.8 Å². The summed E-state index contributed by atoms with van der Waals surface area (Å²) in [6.45, 7) is 3.86. The molecule has 20 heavy (non-hydrogen) atoms. The molecule has 104 valence electrons. The van der Waals surface area contributed by atoms with E-state index in [0.29, 0.717) is 0 Å². The predicted octanol–water partition coefficient (Wildman–Crippen LogP) is 3.27. The van der Waals surface area contributed by atoms with E-state index < -0.39 is 0 Å². The van der Waals surface area contributed by atoms with Crippen LogP contribution in [0.3, 0.4) is 0 Å². The lowest BCUT2D eigenvalue weighted by Crippen LogP contribution is -2.30. The first-order valence-corrected chi connectivity index (χ1v) is 6.76. The zero-order valence-electron chi connectivity index (χ0n) is 11.8. The number of nitrogens with one attached hydrogen (secondary N) is 1. The van der Waals surface area contributed by atoms with Gasteiger partial charge in [0.1, 0.15) is 0 Å². The molecule has 2 rings (SSSR count). The molecule has 2 aromatic rings. The molecular formula is C17H20N2O. The number of carbonyl (C=O) groups excluding carboxylic acids is 1. The maximum Gasteiger partial charge on any atom is 0.229 e. The molecular weight excluding hydrogens is 248 g/mol. The van der Waals surface area contributed by atoms with Crippen LogP contribution >= 0.6 is 0 Å². The maximum absolute atomic E-state index is 12.2. The van der Waals surface area contributed by atoms with Crippen molar-refractivity contribution in [3.05, 3.63) is 65.7 Å². The van der Waals surface area contributed by atoms with Crippen LogP contribution in [0.5, 0.6) is 0 Å². The van der Waals surface area contributed by atoms with E-state index in [-0.39, 0.29) is 17.9 Å². The average molecular weight is 268 g/mol. The minimum atomic E-state index is -0.304. The van der Waals surface area contributed by atoms with Gasteiger partial charge >= 0.3 is 0 Å². The minimum Gasteiger partial charge on any atom is -0.326 e. The Morgan fingerprint density at radius 1 is 1.05 bits per heavy atom. The van der Waals surface area contributed by atoms with Crippen LogP contribution in [0.15, 0.2) is 54.6 Å². The standard InChI is InChI=1S/C17H20N2O/c1-12-8-10-15(11-9-12)19-17(20)13(2)16(18)14-6-4-3-5-7-14/h3-11,13,16H,18H2,1-2H3,(H,19,20). The summed E-state index contributed by atoms with van der Waals surface area (Å²) in [5.41, 5.74) is 9.09. The molecule has 0 aromatic heterocycles. The molecule has 3 N–H and O–H groups in total. The van der Waals surface area contributed by atoms with E-state index in [1.54, 1.807) is 0 Å². The highest BCUT2D eigenvalue weighted by Gasteiger charge is 2.22. The molecule has 0 aliphatic heterocycles. The summed E-state index contributed by atoms with van der Waals surface area (Å²) in [4.78, 5) is 12.2. The SMILES string of the molecule is Cc1ccc(NC(=O)C(C)C(N)c2ccccc2)cc1. The van der Waals surface area contributed by atoms with Crippen LogP contribution in [0.4, 0.5) is 5.69 Å². The Morgan fingerprint density at radius 2 is 1.65 bits per heavy atom. The summed E-state index contributed by atoms with van der Waals surface area (Å²) in [7, 11) is 0. The summed E-state index contributed by atoms with van der Waals surface area (Å²) < 4.78 is 0. The van der Waals surface area contributed by atoms with E-state index >= 15 is 0 Å². The van der Waals surface area contributed by atoms with Crippen molar-refractivity contribution < 1.29 is 4.79 Å². The third-order valence-corrected chi connectivity index (χ3v) is 3.46. The van der Waals surface area contributed by atoms with Gasteiger partial charge in [-0.05, 0) is 24.6 Å². The summed E-state index contributed by atoms with van der Waals surface area (Å²) in [5, 5.41) is 2.90. The Kier molecular flexibility index (Phi) is 4.53. The number of rotatable bonds is 4. The van der Waals surface area contributed by atoms with E-state index in [4.69, 9.17) is 5.73 Å². The minimum absolute atomic E-state index is 0.0646. The predicted molar refractivity (Wildman–Crippen MR) is 82.3 cm³/mol. The summed E-state index contributed by atoms with van der Waals surface area (Å²) in [6.07, 6.45) is 0. The fourth-order valence-corrected chi connectivity index (χ4v) is 2.02. The Labute approximate surface area is 119 Å². The second-order valence-corrected chi connectivity index (χ2v) is 5.08. The van der Waals surface area contributed by atoms with Crippen LogP contribution in [0.2, 0.25) is 0 Å². The van der Waals surface area contributed by atoms with Crippen LogP contribution in [0, 0.1) is 12.8 Å². The molecule has 0 saturated carbocycles. The number of carbonyl (C=O) groups is 1. The molecule has 2 unspecified atom stereocenters. The third-order valence-electron chi connectivity index (χ3n) is 3.46. The zero-order valence-corrected chi connectivity index (χ0v) is 11.8. The van der Waals surface area contributed by atoms with Crippen molar-refractivity contribution >= 4 is 11.6 Å². The van der Waals surface area contributed by atoms with Gasteiger partial charge in [-0.3, -0.25) is 4.79 Å². The first-order chi connectivity index (χ1) is 9.58. The second-order valence-electron chi connectivity index (χ2n) is 5.08. The lowest BCUT2D eigenvalue weighted by atomic mass is 9.94. The number of anilines is 1. The summed E-state index contributed by atoms with van der Waals surface area (Å²) in [5.74, 6) is -0.357. The van der Waals surface area contributed by atoms with Gasteiger partial charge in [-0.2, -0.15) is 0 Å². The number of hydrogen-bond donors (Lipinski definition) is 2. The number of amides is 1. The highest BCUT2D eigenvalue weighted by Crippen LogP contribution is 2.20. The number of benzene rings is 2. The Bertz CT molecular complexity index is 563. The quantitative estimate of drug-likeness (QED) is 0.894. The maximum atomic E-state index is 12.2. The highest BCUT2D eigenvalue weighted by molar-refractivity contribution is 5.92. The van der Waals surface area contributed by atoms with Crippen LogP contribution in [0.25, 0.3) is 0 Å². The van der Waals surface area contributed by atoms with Crippen molar-refractivity contribution in [1.29, 1.82) is 0 Å². The van der Waals surface area contributed by atoms with Gasteiger partial charge in [0.15, 0.2) is 0 Å². The van der Waals surface area contributed by atoms with Gasteiger partial charge < -0.3 is 11.1 Å². The fraction of sp³-hybridized carbons (Fsp3) is 0.235. The monoisotopic (exact) mass is 268 g/mol. The fourth-order valence-electron chi connectivity index (χ4n) is 2.02. The van der Waals surface area contributed by atoms with E-state index in [2.05, 4.69) is 5.32 Å². The molecule has 3 heteroatoms. The zero-order chi connectivity index (χ0) is 14.5. The van der Waals surface area contributed by atoms with Crippen LogP contribution in [0.1, 0.15) is 24.1 Å². The third kappa shape index (κ3) is 3.45. The van der Waals surface area contributed by atoms with Crippen LogP contribution in [-0.2, 0) is 4.79 Å². The highest BCUT2D eigenvalue weighted by atomic mass is 16.1. The van der Waals surface area contributed by atoms with Gasteiger partial charge in [0.2, 0.25) is 5.91 Å². The van der Waals surface area contributed by atoms with Crippen molar-refractivity contribution in [2.45, 2.75) is 19.9 Å². The molecule has 0 saturated heterocycles. The lowest BCUT2D eigenvalue weighted by Gasteiger charge is -2.19. The molecule has 0 fully saturated rings. The lowest BCUT2D eigenvalue weighted by molar-refractivity contribution is -0.120. The Morgan fingerprint density at radius 3 is 2.25 bits per heavy atom. The molecule has 2 aromatic carbocycles. The van der Waals surface area contributed by atoms with Crippen LogP contribution < -0.4 is 11.1 Å². The Hall–Kier alpha value is -2.13. The van der Waals surface area contributed by atoms with Gasteiger partial charge in [0, 0.05) is 11.7 Å². The largest absolute Gasteiger partial charge is 0.326 e. The van der Waals surface area contributed by atoms with E-state index in [1.165, 1.54) is 0 Å². The number of aryl methyl sites for hydroxylation is 1. The molecule has 0 radical (unpaired) electrons. The molecule has 0 aliphatic rings. The van der Waals surface area contributed by atoms with Crippen molar-refractivity contribution in [1.82, 2.24) is 0 Å². The molecule has 0 heterocycles. The van der Waals surface area contributed by atoms with Crippen molar-refractivity contribution in [2.75, 3.05) is 5.32 Å². The van der Waals surface area contributed by atoms with Gasteiger partial charge in [-0.1, -0.05) is 55.0 Å². The Balaban J connectivity index is 2.03. The topological polar surface area (TPSA) is 55.1 Å². The van der Waals surface area contributed by atoms with Crippen molar-refractivity contribution in [3.63, 3.8) is 0 Å². The molecule has 0 aliphatic carbocycles. The smallest absolute Gasteiger partial charge is 0.229 e. The van der Waals surface area contributed by atoms with E-state index in [9.17, 15) is 4.79 Å². The average Bonchev–Trinajstić information content (AvgIpc) is 2.49. The van der Waals surface area contributed by atoms with Gasteiger partial charge in [-0.15, -0.1) is 0 Å². The van der Waals surface area contributed by atoms with Crippen molar-refractivity contribution in [3.8, 4) is 0 Å². The van der Waals surface area contributed by atoms with Crippen molar-refractivity contribution in [2.24, 2.45) is 11.7 Å². The van der Waals surface area contributed by atoms with E-state index in [1.807, 2.05) is 68.4 Å². The summed E-state index contributed by atoms with van der Waals surface area (Å²) >= 11 is 0. The second kappa shape index (κ2) is 6.35. The normalized spacial score (nSPS) is 13.6. The molecule has 0 bridgehead atoms. The molecule has 1 amide bonds. The molecule has 3 nitrogen and oxygen atoms in total. The molecule has 0 spiro atoms. The van der Waals surface area contributed by atoms with Crippen LogP contribution in [-0.4, -0.2) is 5.91 Å². The summed E-state index contributed by atoms with van der Waals surface area (Å²) in [6, 6.07) is 17.1. The van der Waals surface area contributed by atoms with Gasteiger partial charge in [-0.25, -0.2) is 0 Å². The first-order valence-electron chi connectivity index (χ1n) is 6.76.